The van der Waals surface area contributed by atoms with Gasteiger partial charge in [-0.1, -0.05) is 6.07 Å². The molecule has 0 aliphatic carbocycles. The van der Waals surface area contributed by atoms with Gasteiger partial charge in [0, 0.05) is 62.4 Å². The third-order valence-electron chi connectivity index (χ3n) is 6.46. The predicted molar refractivity (Wildman–Crippen MR) is 142 cm³/mol. The number of nitrogens with one attached hydrogen (secondary N) is 2. The molecular weight excluding hydrogens is 495 g/mol. The Bertz CT molecular complexity index is 1500. The number of fused-ring (bicyclic) bond motifs is 1. The van der Waals surface area contributed by atoms with Crippen molar-refractivity contribution in [2.75, 3.05) is 43.9 Å². The van der Waals surface area contributed by atoms with Crippen molar-refractivity contribution in [2.24, 2.45) is 5.14 Å². The van der Waals surface area contributed by atoms with Crippen molar-refractivity contribution in [2.45, 2.75) is 6.92 Å². The molecule has 0 spiro atoms. The standard InChI is InChI=1S/C25H27FN8O2S/c1-16-13-18(4-5-19(16)25(35)32-9-11-33(12-10-32)37(27)36)31-23-24-30-15-22(34(24)8-7-29-23)17-3-6-21(28-2)20(26)14-17/h3-8,13-15,28H,9-12,27H2,1-2H3,(H,29,31). The molecule has 4 N–H and O–H groups in total. The van der Waals surface area contributed by atoms with Crippen LogP contribution in [0.2, 0.25) is 0 Å². The van der Waals surface area contributed by atoms with Crippen LogP contribution < -0.4 is 15.8 Å². The van der Waals surface area contributed by atoms with Gasteiger partial charge in [-0.3, -0.25) is 9.20 Å². The molecule has 37 heavy (non-hydrogen) atoms. The summed E-state index contributed by atoms with van der Waals surface area (Å²) in [5.41, 5.74) is 4.62. The van der Waals surface area contributed by atoms with Crippen LogP contribution >= 0.6 is 0 Å². The number of nitrogens with zero attached hydrogens (tertiary/aromatic N) is 5. The molecule has 1 unspecified atom stereocenters. The van der Waals surface area contributed by atoms with Crippen LogP contribution in [0.25, 0.3) is 16.9 Å². The van der Waals surface area contributed by atoms with E-state index in [1.54, 1.807) is 47.0 Å². The highest BCUT2D eigenvalue weighted by atomic mass is 32.2. The lowest BCUT2D eigenvalue weighted by atomic mass is 10.1. The van der Waals surface area contributed by atoms with E-state index in [0.717, 1.165) is 16.9 Å². The van der Waals surface area contributed by atoms with Crippen molar-refractivity contribution < 1.29 is 13.4 Å². The number of aryl methyl sites for hydroxylation is 1. The van der Waals surface area contributed by atoms with Gasteiger partial charge >= 0.3 is 0 Å². The van der Waals surface area contributed by atoms with E-state index in [-0.39, 0.29) is 11.7 Å². The van der Waals surface area contributed by atoms with E-state index in [9.17, 15) is 13.4 Å². The topological polar surface area (TPSA) is 121 Å². The number of hydrogen-bond donors (Lipinski definition) is 3. The molecular formula is C25H27FN8O2S. The van der Waals surface area contributed by atoms with Gasteiger partial charge in [0.05, 0.1) is 17.6 Å². The molecule has 2 aromatic heterocycles. The van der Waals surface area contributed by atoms with Crippen LogP contribution in [0, 0.1) is 12.7 Å². The van der Waals surface area contributed by atoms with Crippen molar-refractivity contribution >= 4 is 39.9 Å². The van der Waals surface area contributed by atoms with E-state index < -0.39 is 11.2 Å². The molecule has 0 bridgehead atoms. The number of amides is 1. The van der Waals surface area contributed by atoms with E-state index in [4.69, 9.17) is 5.14 Å². The van der Waals surface area contributed by atoms with E-state index >= 15 is 0 Å². The first-order chi connectivity index (χ1) is 17.9. The van der Waals surface area contributed by atoms with Gasteiger partial charge < -0.3 is 15.5 Å². The smallest absolute Gasteiger partial charge is 0.254 e. The first-order valence-corrected chi connectivity index (χ1v) is 12.9. The fraction of sp³-hybridized carbons (Fsp3) is 0.240. The normalized spacial score (nSPS) is 15.1. The second-order valence-corrected chi connectivity index (χ2v) is 9.78. The summed E-state index contributed by atoms with van der Waals surface area (Å²) in [7, 11) is 1.67. The number of hydrogen-bond acceptors (Lipinski definition) is 6. The minimum atomic E-state index is -1.52. The zero-order valence-electron chi connectivity index (χ0n) is 20.4. The third kappa shape index (κ3) is 4.90. The maximum atomic E-state index is 14.3. The lowest BCUT2D eigenvalue weighted by molar-refractivity contribution is 0.0700. The van der Waals surface area contributed by atoms with E-state index in [2.05, 4.69) is 20.6 Å². The van der Waals surface area contributed by atoms with Crippen LogP contribution in [0.1, 0.15) is 15.9 Å². The molecule has 12 heteroatoms. The number of benzene rings is 2. The van der Waals surface area contributed by atoms with Crippen LogP contribution in [0.15, 0.2) is 55.0 Å². The summed E-state index contributed by atoms with van der Waals surface area (Å²) >= 11 is -1.52. The molecule has 1 saturated heterocycles. The van der Waals surface area contributed by atoms with Gasteiger partial charge in [-0.25, -0.2) is 28.0 Å². The molecule has 2 aromatic carbocycles. The molecule has 1 aliphatic heterocycles. The molecule has 192 valence electrons. The summed E-state index contributed by atoms with van der Waals surface area (Å²) in [4.78, 5) is 23.8. The van der Waals surface area contributed by atoms with Crippen LogP contribution in [-0.2, 0) is 11.2 Å². The number of rotatable bonds is 6. The summed E-state index contributed by atoms with van der Waals surface area (Å²) in [6, 6.07) is 10.5. The number of piperazine rings is 1. The summed E-state index contributed by atoms with van der Waals surface area (Å²) in [5.74, 6) is 0.121. The molecule has 1 fully saturated rings. The SMILES string of the molecule is CNc1ccc(-c2cnc3c(Nc4ccc(C(=O)N5CCN(S(N)=O)CC5)c(C)c4)nccn23)cc1F. The van der Waals surface area contributed by atoms with Gasteiger partial charge in [-0.05, 0) is 42.8 Å². The summed E-state index contributed by atoms with van der Waals surface area (Å²) < 4.78 is 29.3. The van der Waals surface area contributed by atoms with Gasteiger partial charge in [-0.2, -0.15) is 0 Å². The van der Waals surface area contributed by atoms with Gasteiger partial charge in [0.2, 0.25) is 0 Å². The van der Waals surface area contributed by atoms with Crippen molar-refractivity contribution in [3.05, 3.63) is 71.9 Å². The number of imidazole rings is 1. The Morgan fingerprint density at radius 3 is 2.57 bits per heavy atom. The first-order valence-electron chi connectivity index (χ1n) is 11.7. The Labute approximate surface area is 216 Å². The Balaban J connectivity index is 1.36. The number of anilines is 3. The molecule has 1 atom stereocenters. The van der Waals surface area contributed by atoms with Crippen LogP contribution in [0.4, 0.5) is 21.6 Å². The number of carbonyl (C=O) groups excluding carboxylic acids is 1. The minimum absolute atomic E-state index is 0.0684. The predicted octanol–water partition coefficient (Wildman–Crippen LogP) is 2.92. The number of nitrogens with two attached hydrogens (primary N) is 1. The van der Waals surface area contributed by atoms with Crippen molar-refractivity contribution in [1.82, 2.24) is 23.6 Å². The maximum Gasteiger partial charge on any atom is 0.254 e. The lowest BCUT2D eigenvalue weighted by Crippen LogP contribution is -2.50. The molecule has 1 aliphatic rings. The zero-order valence-corrected chi connectivity index (χ0v) is 21.3. The number of aromatic nitrogens is 3. The molecule has 3 heterocycles. The summed E-state index contributed by atoms with van der Waals surface area (Å²) in [5, 5.41) is 11.6. The summed E-state index contributed by atoms with van der Waals surface area (Å²) in [6.45, 7) is 3.77. The molecule has 10 nitrogen and oxygen atoms in total. The zero-order chi connectivity index (χ0) is 26.1. The average Bonchev–Trinajstić information content (AvgIpc) is 3.34. The second-order valence-electron chi connectivity index (χ2n) is 8.71. The fourth-order valence-corrected chi connectivity index (χ4v) is 4.98. The highest BCUT2D eigenvalue weighted by Crippen LogP contribution is 2.28. The van der Waals surface area contributed by atoms with Crippen molar-refractivity contribution in [3.8, 4) is 11.3 Å². The highest BCUT2D eigenvalue weighted by molar-refractivity contribution is 7.80. The Morgan fingerprint density at radius 1 is 1.11 bits per heavy atom. The van der Waals surface area contributed by atoms with Crippen molar-refractivity contribution in [1.29, 1.82) is 0 Å². The fourth-order valence-electron chi connectivity index (χ4n) is 4.46. The highest BCUT2D eigenvalue weighted by Gasteiger charge is 2.25. The first kappa shape index (κ1) is 24.8. The third-order valence-corrected chi connectivity index (χ3v) is 7.34. The number of halogens is 1. The van der Waals surface area contributed by atoms with Crippen LogP contribution in [0.3, 0.4) is 0 Å². The molecule has 0 saturated carbocycles. The van der Waals surface area contributed by atoms with Gasteiger partial charge in [0.1, 0.15) is 5.82 Å². The second kappa shape index (κ2) is 10.2. The average molecular weight is 523 g/mol. The maximum absolute atomic E-state index is 14.3. The lowest BCUT2D eigenvalue weighted by Gasteiger charge is -2.33. The van der Waals surface area contributed by atoms with E-state index in [1.165, 1.54) is 6.07 Å². The van der Waals surface area contributed by atoms with Crippen LogP contribution in [0.5, 0.6) is 0 Å². The van der Waals surface area contributed by atoms with E-state index in [0.29, 0.717) is 54.5 Å². The Hall–Kier alpha value is -3.87. The van der Waals surface area contributed by atoms with Crippen molar-refractivity contribution in [3.63, 3.8) is 0 Å². The van der Waals surface area contributed by atoms with Gasteiger partial charge in [0.25, 0.3) is 5.91 Å². The van der Waals surface area contributed by atoms with Gasteiger partial charge in [-0.15, -0.1) is 0 Å². The largest absolute Gasteiger partial charge is 0.386 e. The van der Waals surface area contributed by atoms with Gasteiger partial charge in [0.15, 0.2) is 22.6 Å². The molecule has 0 radical (unpaired) electrons. The van der Waals surface area contributed by atoms with Crippen LogP contribution in [-0.4, -0.2) is 66.9 Å². The van der Waals surface area contributed by atoms with E-state index in [1.807, 2.05) is 29.5 Å². The minimum Gasteiger partial charge on any atom is -0.386 e. The quantitative estimate of drug-likeness (QED) is 0.358. The Morgan fingerprint density at radius 2 is 1.89 bits per heavy atom. The molecule has 4 aromatic rings. The monoisotopic (exact) mass is 522 g/mol. The summed E-state index contributed by atoms with van der Waals surface area (Å²) in [6.07, 6.45) is 5.11. The number of carbonyl (C=O) groups is 1. The Kier molecular flexibility index (Phi) is 6.87. The molecule has 1 amide bonds. The molecule has 5 rings (SSSR count).